The predicted molar refractivity (Wildman–Crippen MR) is 108 cm³/mol. The number of amides is 1. The van der Waals surface area contributed by atoms with Gasteiger partial charge in [-0.05, 0) is 48.8 Å². The fraction of sp³-hybridized carbons (Fsp3) is 0.636. The van der Waals surface area contributed by atoms with Crippen LogP contribution in [0.5, 0.6) is 0 Å². The zero-order valence-electron chi connectivity index (χ0n) is 17.2. The second-order valence-corrected chi connectivity index (χ2v) is 8.37. The van der Waals surface area contributed by atoms with Gasteiger partial charge in [0.15, 0.2) is 5.78 Å². The van der Waals surface area contributed by atoms with Crippen LogP contribution in [0.2, 0.25) is 0 Å². The van der Waals surface area contributed by atoms with Gasteiger partial charge < -0.3 is 10.1 Å². The van der Waals surface area contributed by atoms with Gasteiger partial charge in [0.25, 0.3) is 0 Å². The minimum absolute atomic E-state index is 0.0598. The highest BCUT2D eigenvalue weighted by atomic mass is 16.5. The van der Waals surface area contributed by atoms with Gasteiger partial charge in [-0.1, -0.05) is 52.0 Å². The molecular formula is C22H34N2O3. The Labute approximate surface area is 163 Å². The molecule has 5 nitrogen and oxygen atoms in total. The average Bonchev–Trinajstić information content (AvgIpc) is 2.80. The van der Waals surface area contributed by atoms with Crippen LogP contribution in [-0.2, 0) is 22.5 Å². The minimum Gasteiger partial charge on any atom is -0.449 e. The summed E-state index contributed by atoms with van der Waals surface area (Å²) < 4.78 is 5.21. The maximum Gasteiger partial charge on any atom is 0.407 e. The Hall–Kier alpha value is -1.88. The van der Waals surface area contributed by atoms with E-state index in [9.17, 15) is 9.59 Å². The van der Waals surface area contributed by atoms with Gasteiger partial charge in [0, 0.05) is 6.54 Å². The largest absolute Gasteiger partial charge is 0.449 e. The van der Waals surface area contributed by atoms with E-state index in [1.807, 2.05) is 13.8 Å². The highest BCUT2D eigenvalue weighted by Gasteiger charge is 2.25. The van der Waals surface area contributed by atoms with Crippen LogP contribution in [0.25, 0.3) is 0 Å². The van der Waals surface area contributed by atoms with Crippen molar-refractivity contribution in [2.75, 3.05) is 19.7 Å². The molecule has 1 N–H and O–H groups in total. The molecule has 5 heteroatoms. The van der Waals surface area contributed by atoms with Crippen molar-refractivity contribution in [1.82, 2.24) is 10.2 Å². The van der Waals surface area contributed by atoms with Gasteiger partial charge in [-0.3, -0.25) is 9.69 Å². The van der Waals surface area contributed by atoms with Gasteiger partial charge in [-0.25, -0.2) is 4.79 Å². The summed E-state index contributed by atoms with van der Waals surface area (Å²) in [5, 5.41) is 2.79. The van der Waals surface area contributed by atoms with Gasteiger partial charge in [0.05, 0.1) is 19.2 Å². The van der Waals surface area contributed by atoms with E-state index in [1.165, 1.54) is 11.1 Å². The number of hydrogen-bond acceptors (Lipinski definition) is 4. The van der Waals surface area contributed by atoms with Crippen molar-refractivity contribution in [1.29, 1.82) is 0 Å². The van der Waals surface area contributed by atoms with E-state index in [4.69, 9.17) is 4.74 Å². The van der Waals surface area contributed by atoms with Crippen LogP contribution >= 0.6 is 0 Å². The van der Waals surface area contributed by atoms with Crippen molar-refractivity contribution >= 4 is 11.9 Å². The number of carbonyl (C=O) groups excluding carboxylic acids is 2. The first kappa shape index (κ1) is 21.4. The number of carbonyl (C=O) groups is 2. The molecular weight excluding hydrogens is 340 g/mol. The topological polar surface area (TPSA) is 58.6 Å². The zero-order valence-corrected chi connectivity index (χ0v) is 17.2. The monoisotopic (exact) mass is 374 g/mol. The number of ketones is 1. The molecule has 1 heterocycles. The van der Waals surface area contributed by atoms with E-state index in [0.717, 1.165) is 25.9 Å². The van der Waals surface area contributed by atoms with Crippen LogP contribution in [0, 0.1) is 11.8 Å². The van der Waals surface area contributed by atoms with E-state index in [-0.39, 0.29) is 11.7 Å². The smallest absolute Gasteiger partial charge is 0.407 e. The lowest BCUT2D eigenvalue weighted by Gasteiger charge is -2.24. The molecule has 1 aromatic carbocycles. The van der Waals surface area contributed by atoms with Crippen LogP contribution in [0.1, 0.15) is 51.7 Å². The second-order valence-electron chi connectivity index (χ2n) is 8.37. The third-order valence-electron chi connectivity index (χ3n) is 4.75. The summed E-state index contributed by atoms with van der Waals surface area (Å²) in [6.45, 7) is 10.5. The molecule has 0 saturated heterocycles. The Morgan fingerprint density at radius 1 is 1.11 bits per heavy atom. The molecule has 0 unspecified atom stereocenters. The molecule has 1 atom stereocenters. The van der Waals surface area contributed by atoms with E-state index in [1.54, 1.807) is 0 Å². The Kier molecular flexibility index (Phi) is 8.29. The number of hydrogen-bond donors (Lipinski definition) is 1. The third-order valence-corrected chi connectivity index (χ3v) is 4.75. The third kappa shape index (κ3) is 7.33. The van der Waals surface area contributed by atoms with Crippen LogP contribution in [0.4, 0.5) is 4.79 Å². The van der Waals surface area contributed by atoms with Crippen molar-refractivity contribution in [3.63, 3.8) is 0 Å². The highest BCUT2D eigenvalue weighted by Crippen LogP contribution is 2.18. The number of ether oxygens (including phenoxy) is 1. The SMILES string of the molecule is CC(C)COC(=O)N[C@@H](CC(C)C)C(=O)CN1CCCc2ccccc2C1. The number of alkyl carbamates (subject to hydrolysis) is 1. The minimum atomic E-state index is -0.497. The number of benzene rings is 1. The lowest BCUT2D eigenvalue weighted by atomic mass is 10.00. The number of fused-ring (bicyclic) bond motifs is 1. The molecule has 0 aromatic heterocycles. The van der Waals surface area contributed by atoms with E-state index in [0.29, 0.717) is 25.5 Å². The summed E-state index contributed by atoms with van der Waals surface area (Å²) in [5.41, 5.74) is 2.68. The number of rotatable bonds is 8. The zero-order chi connectivity index (χ0) is 19.8. The number of Topliss-reactive ketones (excluding diaryl/α,β-unsaturated/α-hetero) is 1. The van der Waals surface area contributed by atoms with Crippen LogP contribution in [-0.4, -0.2) is 42.5 Å². The second kappa shape index (κ2) is 10.5. The maximum atomic E-state index is 12.9. The number of nitrogens with one attached hydrogen (secondary N) is 1. The summed E-state index contributed by atoms with van der Waals surface area (Å²) in [4.78, 5) is 27.2. The Balaban J connectivity index is 1.97. The Bertz CT molecular complexity index is 628. The van der Waals surface area contributed by atoms with Crippen LogP contribution in [0.3, 0.4) is 0 Å². The fourth-order valence-electron chi connectivity index (χ4n) is 3.40. The highest BCUT2D eigenvalue weighted by molar-refractivity contribution is 5.89. The van der Waals surface area contributed by atoms with Crippen molar-refractivity contribution < 1.29 is 14.3 Å². The number of nitrogens with zero attached hydrogens (tertiary/aromatic N) is 1. The van der Waals surface area contributed by atoms with Gasteiger partial charge in [-0.2, -0.15) is 0 Å². The van der Waals surface area contributed by atoms with Crippen molar-refractivity contribution in [2.24, 2.45) is 11.8 Å². The quantitative estimate of drug-likeness (QED) is 0.752. The maximum absolute atomic E-state index is 12.9. The molecule has 150 valence electrons. The molecule has 0 bridgehead atoms. The molecule has 0 saturated carbocycles. The standard InChI is InChI=1S/C22H34N2O3/c1-16(2)12-20(23-22(26)27-15-17(3)4)21(25)14-24-11-7-10-18-8-5-6-9-19(18)13-24/h5-6,8-9,16-17,20H,7,10-15H2,1-4H3,(H,23,26)/t20-/m0/s1. The van der Waals surface area contributed by atoms with Gasteiger partial charge in [0.1, 0.15) is 0 Å². The first-order valence-corrected chi connectivity index (χ1v) is 10.1. The van der Waals surface area contributed by atoms with Gasteiger partial charge >= 0.3 is 6.09 Å². The predicted octanol–water partition coefficient (Wildman–Crippen LogP) is 3.80. The molecule has 2 rings (SSSR count). The summed E-state index contributed by atoms with van der Waals surface area (Å²) in [7, 11) is 0. The van der Waals surface area contributed by atoms with E-state index < -0.39 is 12.1 Å². The molecule has 27 heavy (non-hydrogen) atoms. The molecule has 1 amide bonds. The van der Waals surface area contributed by atoms with Gasteiger partial charge in [-0.15, -0.1) is 0 Å². The van der Waals surface area contributed by atoms with Crippen molar-refractivity contribution in [3.8, 4) is 0 Å². The molecule has 1 aliphatic rings. The fourth-order valence-corrected chi connectivity index (χ4v) is 3.40. The molecule has 0 aliphatic carbocycles. The Morgan fingerprint density at radius 2 is 1.81 bits per heavy atom. The number of aryl methyl sites for hydroxylation is 1. The van der Waals surface area contributed by atoms with E-state index in [2.05, 4.69) is 48.3 Å². The Morgan fingerprint density at radius 3 is 2.48 bits per heavy atom. The van der Waals surface area contributed by atoms with Crippen molar-refractivity contribution in [3.05, 3.63) is 35.4 Å². The van der Waals surface area contributed by atoms with Gasteiger partial charge in [0.2, 0.25) is 0 Å². The first-order chi connectivity index (χ1) is 12.8. The van der Waals surface area contributed by atoms with Crippen molar-refractivity contribution in [2.45, 2.75) is 59.5 Å². The molecule has 0 fully saturated rings. The average molecular weight is 375 g/mol. The molecule has 0 spiro atoms. The van der Waals surface area contributed by atoms with Crippen LogP contribution in [0.15, 0.2) is 24.3 Å². The summed E-state index contributed by atoms with van der Waals surface area (Å²) in [6, 6.07) is 7.95. The summed E-state index contributed by atoms with van der Waals surface area (Å²) in [6.07, 6.45) is 2.22. The lowest BCUT2D eigenvalue weighted by Crippen LogP contribution is -2.46. The lowest BCUT2D eigenvalue weighted by molar-refractivity contribution is -0.122. The summed E-state index contributed by atoms with van der Waals surface area (Å²) >= 11 is 0. The molecule has 0 radical (unpaired) electrons. The first-order valence-electron chi connectivity index (χ1n) is 10.1. The van der Waals surface area contributed by atoms with Crippen LogP contribution < -0.4 is 5.32 Å². The normalized spacial score (nSPS) is 15.9. The van der Waals surface area contributed by atoms with E-state index >= 15 is 0 Å². The summed E-state index contributed by atoms with van der Waals surface area (Å²) in [5.74, 6) is 0.644. The molecule has 1 aliphatic heterocycles. The molecule has 1 aromatic rings.